The van der Waals surface area contributed by atoms with Gasteiger partial charge in [0.1, 0.15) is 22.8 Å². The first-order valence-corrected chi connectivity index (χ1v) is 10.3. The molecule has 10 heteroatoms. The normalized spacial score (nSPS) is 11.7. The van der Waals surface area contributed by atoms with Crippen LogP contribution in [0.5, 0.6) is 5.75 Å². The zero-order chi connectivity index (χ0) is 24.4. The smallest absolute Gasteiger partial charge is 0.354 e. The lowest BCUT2D eigenvalue weighted by molar-refractivity contribution is -0.122. The first-order chi connectivity index (χ1) is 16.2. The van der Waals surface area contributed by atoms with E-state index in [4.69, 9.17) is 25.9 Å². The summed E-state index contributed by atoms with van der Waals surface area (Å²) in [6.07, 6.45) is 0.293. The van der Waals surface area contributed by atoms with Crippen molar-refractivity contribution in [1.29, 1.82) is 0 Å². The van der Waals surface area contributed by atoms with Crippen molar-refractivity contribution in [2.75, 3.05) is 5.32 Å². The number of carbonyl (C=O) groups is 2. The van der Waals surface area contributed by atoms with Gasteiger partial charge in [0.05, 0.1) is 5.02 Å². The molecule has 2 aromatic heterocycles. The number of carboxylic acid groups (broad SMARTS) is 1. The highest BCUT2D eigenvalue weighted by Crippen LogP contribution is 2.34. The molecule has 172 valence electrons. The molecule has 4 aromatic rings. The molecule has 8 nitrogen and oxygen atoms in total. The van der Waals surface area contributed by atoms with Gasteiger partial charge in [0.25, 0.3) is 5.91 Å². The van der Waals surface area contributed by atoms with Crippen molar-refractivity contribution < 1.29 is 28.2 Å². The summed E-state index contributed by atoms with van der Waals surface area (Å²) in [5.74, 6) is -2.01. The summed E-state index contributed by atoms with van der Waals surface area (Å²) in [5, 5.41) is 12.3. The Morgan fingerprint density at radius 1 is 1.12 bits per heavy atom. The molecule has 0 saturated carbocycles. The highest BCUT2D eigenvalue weighted by atomic mass is 35.5. The zero-order valence-corrected chi connectivity index (χ0v) is 18.3. The fourth-order valence-electron chi connectivity index (χ4n) is 3.27. The van der Waals surface area contributed by atoms with Crippen LogP contribution >= 0.6 is 11.6 Å². The molecule has 2 heterocycles. The van der Waals surface area contributed by atoms with Crippen LogP contribution in [0.4, 0.5) is 10.1 Å². The van der Waals surface area contributed by atoms with Crippen LogP contribution in [0.25, 0.3) is 22.1 Å². The summed E-state index contributed by atoms with van der Waals surface area (Å²) in [5.41, 5.74) is 0.498. The van der Waals surface area contributed by atoms with Crippen LogP contribution in [0, 0.1) is 5.82 Å². The SMILES string of the molecule is CC(Oc1ccc2c(-c3ccc(F)cc3Cl)cc(=O)oc2c1)C(=O)Nc1ccnc(C(=O)O)c1. The van der Waals surface area contributed by atoms with Gasteiger partial charge in [-0.05, 0) is 49.4 Å². The Balaban J connectivity index is 1.58. The van der Waals surface area contributed by atoms with E-state index in [0.717, 1.165) is 6.07 Å². The molecule has 0 aliphatic rings. The number of ether oxygens (including phenoxy) is 1. The number of aromatic nitrogens is 1. The molecule has 2 aromatic carbocycles. The Morgan fingerprint density at radius 3 is 2.65 bits per heavy atom. The second-order valence-corrected chi connectivity index (χ2v) is 7.65. The van der Waals surface area contributed by atoms with Crippen LogP contribution in [-0.4, -0.2) is 28.1 Å². The summed E-state index contributed by atoms with van der Waals surface area (Å²) in [6.45, 7) is 1.50. The van der Waals surface area contributed by atoms with Gasteiger partial charge in [0, 0.05) is 40.5 Å². The number of hydrogen-bond donors (Lipinski definition) is 2. The van der Waals surface area contributed by atoms with Crippen LogP contribution in [0.3, 0.4) is 0 Å². The molecule has 1 atom stereocenters. The molecule has 1 unspecified atom stereocenters. The first-order valence-electron chi connectivity index (χ1n) is 9.91. The number of nitrogens with one attached hydrogen (secondary N) is 1. The van der Waals surface area contributed by atoms with E-state index in [-0.39, 0.29) is 27.7 Å². The van der Waals surface area contributed by atoms with Crippen molar-refractivity contribution in [1.82, 2.24) is 4.98 Å². The second-order valence-electron chi connectivity index (χ2n) is 7.25. The average molecular weight is 483 g/mol. The van der Waals surface area contributed by atoms with Gasteiger partial charge in [-0.25, -0.2) is 19.0 Å². The lowest BCUT2D eigenvalue weighted by Crippen LogP contribution is -2.30. The third-order valence-corrected chi connectivity index (χ3v) is 5.18. The van der Waals surface area contributed by atoms with Crippen LogP contribution in [0.2, 0.25) is 5.02 Å². The van der Waals surface area contributed by atoms with Gasteiger partial charge in [-0.3, -0.25) is 4.79 Å². The number of halogens is 2. The van der Waals surface area contributed by atoms with Crippen molar-refractivity contribution in [3.05, 3.63) is 87.7 Å². The molecule has 2 N–H and O–H groups in total. The Morgan fingerprint density at radius 2 is 1.91 bits per heavy atom. The number of rotatable bonds is 6. The predicted molar refractivity (Wildman–Crippen MR) is 123 cm³/mol. The third-order valence-electron chi connectivity index (χ3n) is 4.87. The number of amides is 1. The van der Waals surface area contributed by atoms with Gasteiger partial charge in [-0.2, -0.15) is 0 Å². The molecule has 0 spiro atoms. The molecule has 0 radical (unpaired) electrons. The summed E-state index contributed by atoms with van der Waals surface area (Å²) >= 11 is 6.17. The average Bonchev–Trinajstić information content (AvgIpc) is 2.78. The number of fused-ring (bicyclic) bond motifs is 1. The Bertz CT molecular complexity index is 1490. The number of carbonyl (C=O) groups excluding carboxylic acids is 1. The monoisotopic (exact) mass is 482 g/mol. The van der Waals surface area contributed by atoms with Crippen molar-refractivity contribution in [3.63, 3.8) is 0 Å². The van der Waals surface area contributed by atoms with Gasteiger partial charge >= 0.3 is 11.6 Å². The topological polar surface area (TPSA) is 119 Å². The quantitative estimate of drug-likeness (QED) is 0.380. The molecule has 0 saturated heterocycles. The Kier molecular flexibility index (Phi) is 6.29. The maximum atomic E-state index is 13.4. The molecule has 0 aliphatic carbocycles. The Labute approximate surface area is 196 Å². The maximum absolute atomic E-state index is 13.4. The predicted octanol–water partition coefficient (Wildman–Crippen LogP) is 4.75. The minimum atomic E-state index is -1.22. The number of anilines is 1. The number of benzene rings is 2. The fourth-order valence-corrected chi connectivity index (χ4v) is 3.54. The van der Waals surface area contributed by atoms with E-state index >= 15 is 0 Å². The van der Waals surface area contributed by atoms with E-state index in [0.29, 0.717) is 16.5 Å². The second kappa shape index (κ2) is 9.32. The van der Waals surface area contributed by atoms with Crippen LogP contribution in [0.15, 0.2) is 70.0 Å². The Hall–Kier alpha value is -4.24. The minimum Gasteiger partial charge on any atom is -0.481 e. The lowest BCUT2D eigenvalue weighted by atomic mass is 10.0. The van der Waals surface area contributed by atoms with Gasteiger partial charge < -0.3 is 19.6 Å². The summed E-state index contributed by atoms with van der Waals surface area (Å²) in [6, 6.07) is 12.5. The number of carboxylic acids is 1. The van der Waals surface area contributed by atoms with Gasteiger partial charge in [-0.1, -0.05) is 11.6 Å². The molecule has 0 fully saturated rings. The van der Waals surface area contributed by atoms with E-state index < -0.39 is 29.4 Å². The summed E-state index contributed by atoms with van der Waals surface area (Å²) < 4.78 is 24.4. The fraction of sp³-hybridized carbons (Fsp3) is 0.0833. The summed E-state index contributed by atoms with van der Waals surface area (Å²) in [4.78, 5) is 39.4. The lowest BCUT2D eigenvalue weighted by Gasteiger charge is -2.15. The van der Waals surface area contributed by atoms with Crippen LogP contribution < -0.4 is 15.7 Å². The van der Waals surface area contributed by atoms with Crippen molar-refractivity contribution in [2.24, 2.45) is 0 Å². The highest BCUT2D eigenvalue weighted by Gasteiger charge is 2.18. The molecule has 34 heavy (non-hydrogen) atoms. The van der Waals surface area contributed by atoms with Gasteiger partial charge in [0.15, 0.2) is 6.10 Å². The molecule has 1 amide bonds. The van der Waals surface area contributed by atoms with E-state index in [1.54, 1.807) is 12.1 Å². The number of hydrogen-bond acceptors (Lipinski definition) is 6. The molecular weight excluding hydrogens is 467 g/mol. The summed E-state index contributed by atoms with van der Waals surface area (Å²) in [7, 11) is 0. The van der Waals surface area contributed by atoms with E-state index in [9.17, 15) is 18.8 Å². The largest absolute Gasteiger partial charge is 0.481 e. The van der Waals surface area contributed by atoms with Crippen LogP contribution in [0.1, 0.15) is 17.4 Å². The van der Waals surface area contributed by atoms with E-state index in [1.165, 1.54) is 49.5 Å². The highest BCUT2D eigenvalue weighted by molar-refractivity contribution is 6.33. The van der Waals surface area contributed by atoms with E-state index in [2.05, 4.69) is 10.3 Å². The van der Waals surface area contributed by atoms with Crippen molar-refractivity contribution in [2.45, 2.75) is 13.0 Å². The van der Waals surface area contributed by atoms with Crippen molar-refractivity contribution >= 4 is 40.1 Å². The third kappa shape index (κ3) is 4.89. The molecular formula is C24H16ClFN2O6. The van der Waals surface area contributed by atoms with Gasteiger partial charge in [-0.15, -0.1) is 0 Å². The minimum absolute atomic E-state index is 0.139. The zero-order valence-electron chi connectivity index (χ0n) is 17.5. The first kappa shape index (κ1) is 22.9. The molecule has 0 bridgehead atoms. The standard InChI is InChI=1S/C24H16ClFN2O6/c1-12(23(30)28-14-6-7-27-20(9-14)24(31)32)33-15-3-5-17-18(11-22(29)34-21(17)10-15)16-4-2-13(26)8-19(16)25/h2-12H,1H3,(H,31,32)(H,27,28,30). The number of pyridine rings is 1. The molecule has 0 aliphatic heterocycles. The van der Waals surface area contributed by atoms with Crippen molar-refractivity contribution in [3.8, 4) is 16.9 Å². The van der Waals surface area contributed by atoms with Gasteiger partial charge in [0.2, 0.25) is 0 Å². The number of aromatic carboxylic acids is 1. The van der Waals surface area contributed by atoms with Crippen LogP contribution in [-0.2, 0) is 4.79 Å². The number of nitrogens with zero attached hydrogens (tertiary/aromatic N) is 1. The molecule has 4 rings (SSSR count). The van der Waals surface area contributed by atoms with E-state index in [1.807, 2.05) is 0 Å². The maximum Gasteiger partial charge on any atom is 0.354 e.